The fourth-order valence-electron chi connectivity index (χ4n) is 3.93. The number of hydrogen-bond acceptors (Lipinski definition) is 7. The Kier molecular flexibility index (Phi) is 11.6. The molecule has 40 heavy (non-hydrogen) atoms. The summed E-state index contributed by atoms with van der Waals surface area (Å²) in [7, 11) is 0. The first kappa shape index (κ1) is 31.8. The second-order valence-electron chi connectivity index (χ2n) is 9.79. The average molecular weight is 561 g/mol. The van der Waals surface area contributed by atoms with Gasteiger partial charge in [-0.05, 0) is 30.4 Å². The molecule has 2 aromatic rings. The van der Waals surface area contributed by atoms with Gasteiger partial charge in [0.2, 0.25) is 23.6 Å². The van der Waals surface area contributed by atoms with Crippen LogP contribution in [0, 0.1) is 5.92 Å². The van der Waals surface area contributed by atoms with Gasteiger partial charge in [-0.25, -0.2) is 4.79 Å². The number of rotatable bonds is 16. The van der Waals surface area contributed by atoms with Gasteiger partial charge in [-0.3, -0.25) is 24.0 Å². The average Bonchev–Trinajstić information content (AvgIpc) is 3.29. The summed E-state index contributed by atoms with van der Waals surface area (Å²) in [4.78, 5) is 76.3. The lowest BCUT2D eigenvalue weighted by Crippen LogP contribution is -2.58. The predicted octanol–water partition coefficient (Wildman–Crippen LogP) is -0.637. The quantitative estimate of drug-likeness (QED) is 0.130. The summed E-state index contributed by atoms with van der Waals surface area (Å²) >= 11 is 0. The van der Waals surface area contributed by atoms with Gasteiger partial charge in [0.05, 0.1) is 6.04 Å². The second kappa shape index (κ2) is 14.6. The van der Waals surface area contributed by atoms with Gasteiger partial charge in [0.25, 0.3) is 0 Å². The Bertz CT molecular complexity index is 1240. The third kappa shape index (κ3) is 9.38. The van der Waals surface area contributed by atoms with Crippen LogP contribution in [-0.4, -0.2) is 74.9 Å². The van der Waals surface area contributed by atoms with Crippen LogP contribution in [0.4, 0.5) is 0 Å². The van der Waals surface area contributed by atoms with Crippen molar-refractivity contribution in [2.24, 2.45) is 17.4 Å². The number of para-hydroxylation sites is 1. The van der Waals surface area contributed by atoms with Gasteiger partial charge in [-0.15, -0.1) is 0 Å². The molecule has 4 amide bonds. The van der Waals surface area contributed by atoms with Crippen LogP contribution in [0.1, 0.15) is 45.1 Å². The molecule has 1 aromatic heterocycles. The van der Waals surface area contributed by atoms with E-state index in [-0.39, 0.29) is 31.6 Å². The largest absolute Gasteiger partial charge is 0.481 e. The van der Waals surface area contributed by atoms with E-state index in [9.17, 15) is 33.9 Å². The van der Waals surface area contributed by atoms with E-state index in [0.717, 1.165) is 10.9 Å². The summed E-state index contributed by atoms with van der Waals surface area (Å²) in [5.41, 5.74) is 12.4. The first-order valence-corrected chi connectivity index (χ1v) is 12.7. The maximum Gasteiger partial charge on any atom is 0.326 e. The van der Waals surface area contributed by atoms with Crippen LogP contribution in [0.15, 0.2) is 30.5 Å². The van der Waals surface area contributed by atoms with Crippen molar-refractivity contribution in [3.63, 3.8) is 0 Å². The van der Waals surface area contributed by atoms with Crippen LogP contribution in [0.25, 0.3) is 10.9 Å². The number of amides is 4. The number of nitrogens with two attached hydrogens (primary N) is 2. The van der Waals surface area contributed by atoms with Crippen LogP contribution < -0.4 is 27.4 Å². The SMILES string of the molecule is CC(C)C(N)C(=O)NC(CCC(=O)O)C(=O)NC(Cc1c[nH]c2ccccc12)C(=O)NC(CCC(N)=O)C(=O)O. The van der Waals surface area contributed by atoms with Crippen molar-refractivity contribution in [3.8, 4) is 0 Å². The first-order chi connectivity index (χ1) is 18.8. The summed E-state index contributed by atoms with van der Waals surface area (Å²) < 4.78 is 0. The summed E-state index contributed by atoms with van der Waals surface area (Å²) in [5, 5.41) is 26.7. The molecule has 1 aromatic carbocycles. The minimum Gasteiger partial charge on any atom is -0.481 e. The number of carboxylic acid groups (broad SMARTS) is 2. The highest BCUT2D eigenvalue weighted by atomic mass is 16.4. The zero-order chi connectivity index (χ0) is 30.0. The third-order valence-corrected chi connectivity index (χ3v) is 6.33. The molecular formula is C26H36N6O8. The van der Waals surface area contributed by atoms with E-state index in [1.165, 1.54) is 0 Å². The molecule has 0 bridgehead atoms. The number of aromatic amines is 1. The highest BCUT2D eigenvalue weighted by Crippen LogP contribution is 2.19. The Morgan fingerprint density at radius 2 is 1.43 bits per heavy atom. The molecule has 10 N–H and O–H groups in total. The number of nitrogens with one attached hydrogen (secondary N) is 4. The Hall–Kier alpha value is -4.46. The summed E-state index contributed by atoms with van der Waals surface area (Å²) in [5.74, 6) is -6.01. The Morgan fingerprint density at radius 3 is 2.02 bits per heavy atom. The van der Waals surface area contributed by atoms with Gasteiger partial charge in [0.1, 0.15) is 18.1 Å². The zero-order valence-electron chi connectivity index (χ0n) is 22.3. The molecule has 0 aliphatic rings. The van der Waals surface area contributed by atoms with Crippen molar-refractivity contribution in [2.45, 2.75) is 70.1 Å². The van der Waals surface area contributed by atoms with Crippen molar-refractivity contribution in [1.82, 2.24) is 20.9 Å². The van der Waals surface area contributed by atoms with E-state index in [2.05, 4.69) is 20.9 Å². The molecule has 1 heterocycles. The molecule has 0 radical (unpaired) electrons. The number of aliphatic carboxylic acids is 2. The minimum absolute atomic E-state index is 0.0746. The summed E-state index contributed by atoms with van der Waals surface area (Å²) in [6, 6.07) is 2.11. The fraction of sp³-hybridized carbons (Fsp3) is 0.462. The Balaban J connectivity index is 2.34. The van der Waals surface area contributed by atoms with Gasteiger partial charge in [-0.1, -0.05) is 32.0 Å². The smallest absolute Gasteiger partial charge is 0.326 e. The number of carbonyl (C=O) groups excluding carboxylic acids is 4. The number of primary amides is 1. The van der Waals surface area contributed by atoms with E-state index in [4.69, 9.17) is 16.6 Å². The van der Waals surface area contributed by atoms with Gasteiger partial charge in [0.15, 0.2) is 0 Å². The van der Waals surface area contributed by atoms with Crippen LogP contribution in [0.2, 0.25) is 0 Å². The number of fused-ring (bicyclic) bond motifs is 1. The Labute approximate surface area is 230 Å². The second-order valence-corrected chi connectivity index (χ2v) is 9.79. The fourth-order valence-corrected chi connectivity index (χ4v) is 3.93. The molecule has 4 atom stereocenters. The monoisotopic (exact) mass is 560 g/mol. The van der Waals surface area contributed by atoms with Crippen molar-refractivity contribution < 1.29 is 39.0 Å². The highest BCUT2D eigenvalue weighted by Gasteiger charge is 2.31. The maximum atomic E-state index is 13.3. The van der Waals surface area contributed by atoms with E-state index < -0.39 is 66.2 Å². The number of carboxylic acids is 2. The number of carbonyl (C=O) groups is 6. The van der Waals surface area contributed by atoms with E-state index in [1.807, 2.05) is 12.1 Å². The summed E-state index contributed by atoms with van der Waals surface area (Å²) in [6.45, 7) is 3.41. The lowest BCUT2D eigenvalue weighted by Gasteiger charge is -2.25. The van der Waals surface area contributed by atoms with Crippen molar-refractivity contribution >= 4 is 46.5 Å². The van der Waals surface area contributed by atoms with Crippen LogP contribution >= 0.6 is 0 Å². The van der Waals surface area contributed by atoms with Gasteiger partial charge < -0.3 is 42.6 Å². The molecule has 0 aliphatic carbocycles. The third-order valence-electron chi connectivity index (χ3n) is 6.33. The minimum atomic E-state index is -1.46. The lowest BCUT2D eigenvalue weighted by molar-refractivity contribution is -0.142. The molecule has 0 spiro atoms. The predicted molar refractivity (Wildman–Crippen MR) is 144 cm³/mol. The van der Waals surface area contributed by atoms with Crippen LogP contribution in [0.3, 0.4) is 0 Å². The van der Waals surface area contributed by atoms with Crippen molar-refractivity contribution in [1.29, 1.82) is 0 Å². The van der Waals surface area contributed by atoms with Crippen LogP contribution in [0.5, 0.6) is 0 Å². The molecule has 2 rings (SSSR count). The molecule has 4 unspecified atom stereocenters. The lowest BCUT2D eigenvalue weighted by atomic mass is 10.0. The molecule has 0 aliphatic heterocycles. The zero-order valence-corrected chi connectivity index (χ0v) is 22.3. The van der Waals surface area contributed by atoms with E-state index >= 15 is 0 Å². The molecule has 14 heteroatoms. The standard InChI is InChI=1S/C26H36N6O8/c1-13(2)22(28)25(38)30-17(8-10-21(34)35)23(36)32-19(11-14-12-29-16-6-4-3-5-15(14)16)24(37)31-18(26(39)40)7-9-20(27)33/h3-6,12-13,17-19,22,29H,7-11,28H2,1-2H3,(H2,27,33)(H,30,38)(H,31,37)(H,32,36)(H,34,35)(H,39,40). The van der Waals surface area contributed by atoms with E-state index in [0.29, 0.717) is 5.56 Å². The van der Waals surface area contributed by atoms with Crippen LogP contribution in [-0.2, 0) is 35.2 Å². The van der Waals surface area contributed by atoms with Crippen molar-refractivity contribution in [3.05, 3.63) is 36.0 Å². The number of hydrogen-bond donors (Lipinski definition) is 8. The number of aromatic nitrogens is 1. The maximum absolute atomic E-state index is 13.3. The Morgan fingerprint density at radius 1 is 0.850 bits per heavy atom. The number of benzene rings is 1. The first-order valence-electron chi connectivity index (χ1n) is 12.7. The normalized spacial score (nSPS) is 14.1. The molecule has 0 saturated carbocycles. The topological polar surface area (TPSA) is 247 Å². The number of H-pyrrole nitrogens is 1. The van der Waals surface area contributed by atoms with E-state index in [1.54, 1.807) is 32.2 Å². The van der Waals surface area contributed by atoms with Gasteiger partial charge in [-0.2, -0.15) is 0 Å². The highest BCUT2D eigenvalue weighted by molar-refractivity contribution is 5.95. The molecule has 14 nitrogen and oxygen atoms in total. The summed E-state index contributed by atoms with van der Waals surface area (Å²) in [6.07, 6.45) is 0.266. The molecule has 218 valence electrons. The van der Waals surface area contributed by atoms with Gasteiger partial charge >= 0.3 is 11.9 Å². The molecule has 0 fully saturated rings. The van der Waals surface area contributed by atoms with Crippen molar-refractivity contribution in [2.75, 3.05) is 0 Å². The molecular weight excluding hydrogens is 524 g/mol. The molecule has 0 saturated heterocycles. The van der Waals surface area contributed by atoms with Gasteiger partial charge in [0, 0.05) is 36.4 Å².